The molecule has 2 aromatic heterocycles. The topological polar surface area (TPSA) is 79.1 Å². The molecule has 0 atom stereocenters. The van der Waals surface area contributed by atoms with Gasteiger partial charge < -0.3 is 14.5 Å². The molecule has 3 aromatic rings. The number of carboxylic acids is 1. The van der Waals surface area contributed by atoms with Crippen LogP contribution in [-0.4, -0.2) is 21.0 Å². The highest BCUT2D eigenvalue weighted by Gasteiger charge is 2.13. The van der Waals surface area contributed by atoms with Gasteiger partial charge in [0.25, 0.3) is 0 Å². The van der Waals surface area contributed by atoms with E-state index in [2.05, 4.69) is 9.97 Å². The summed E-state index contributed by atoms with van der Waals surface area (Å²) in [5, 5.41) is 9.84. The minimum absolute atomic E-state index is 0.139. The van der Waals surface area contributed by atoms with Crippen molar-refractivity contribution >= 4 is 57.4 Å². The van der Waals surface area contributed by atoms with Gasteiger partial charge in [-0.15, -0.1) is 0 Å². The summed E-state index contributed by atoms with van der Waals surface area (Å²) in [7, 11) is 0. The van der Waals surface area contributed by atoms with Crippen LogP contribution in [0.25, 0.3) is 17.1 Å². The van der Waals surface area contributed by atoms with E-state index in [4.69, 9.17) is 4.42 Å². The number of furan rings is 1. The third kappa shape index (κ3) is 3.30. The van der Waals surface area contributed by atoms with E-state index in [1.165, 1.54) is 6.08 Å². The molecule has 0 unspecified atom stereocenters. The number of benzene rings is 1. The molecule has 106 valence electrons. The molecule has 7 heteroatoms. The van der Waals surface area contributed by atoms with E-state index in [1.54, 1.807) is 12.1 Å². The highest BCUT2D eigenvalue weighted by molar-refractivity contribution is 14.1. The number of nitrogens with one attached hydrogen (secondary N) is 1. The number of fused-ring (bicyclic) bond motifs is 1. The van der Waals surface area contributed by atoms with Gasteiger partial charge in [-0.25, -0.2) is 9.78 Å². The molecule has 0 aliphatic carbocycles. The lowest BCUT2D eigenvalue weighted by molar-refractivity contribution is -0.131. The summed E-state index contributed by atoms with van der Waals surface area (Å²) in [6.45, 7) is 0. The van der Waals surface area contributed by atoms with Gasteiger partial charge in [-0.1, -0.05) is 12.1 Å². The highest BCUT2D eigenvalue weighted by Crippen LogP contribution is 2.28. The number of halogens is 1. The second-order valence-electron chi connectivity index (χ2n) is 4.12. The predicted molar refractivity (Wildman–Crippen MR) is 89.0 cm³/mol. The molecule has 0 fully saturated rings. The van der Waals surface area contributed by atoms with Gasteiger partial charge in [-0.05, 0) is 58.6 Å². The zero-order valence-corrected chi connectivity index (χ0v) is 13.5. The first kappa shape index (κ1) is 14.2. The number of para-hydroxylation sites is 2. The molecule has 0 saturated carbocycles. The van der Waals surface area contributed by atoms with Crippen molar-refractivity contribution in [3.05, 3.63) is 50.8 Å². The van der Waals surface area contributed by atoms with E-state index in [0.29, 0.717) is 14.7 Å². The molecule has 21 heavy (non-hydrogen) atoms. The van der Waals surface area contributed by atoms with E-state index < -0.39 is 5.97 Å². The zero-order valence-electron chi connectivity index (χ0n) is 10.5. The number of aromatic amines is 1. The summed E-state index contributed by atoms with van der Waals surface area (Å²) in [6, 6.07) is 11.0. The van der Waals surface area contributed by atoms with Crippen LogP contribution in [0.5, 0.6) is 0 Å². The Hall–Kier alpha value is -1.74. The Morgan fingerprint density at radius 1 is 1.33 bits per heavy atom. The standard InChI is InChI=1S/C14H9IN2O3S/c15-12-6-5-8(20-12)7-11(13(18)19)21-14-16-9-3-1-2-4-10(9)17-14/h1-7H,(H,16,17)(H,18,19)/b11-7-. The fraction of sp³-hybridized carbons (Fsp3) is 0. The van der Waals surface area contributed by atoms with Gasteiger partial charge in [0.1, 0.15) is 10.7 Å². The van der Waals surface area contributed by atoms with Gasteiger partial charge in [0.15, 0.2) is 8.92 Å². The fourth-order valence-corrected chi connectivity index (χ4v) is 2.96. The summed E-state index contributed by atoms with van der Waals surface area (Å²) in [4.78, 5) is 18.9. The number of nitrogens with zero attached hydrogens (tertiary/aromatic N) is 1. The minimum Gasteiger partial charge on any atom is -0.477 e. The minimum atomic E-state index is -1.02. The maximum absolute atomic E-state index is 11.4. The van der Waals surface area contributed by atoms with Crippen LogP contribution >= 0.6 is 34.4 Å². The molecular weight excluding hydrogens is 403 g/mol. The monoisotopic (exact) mass is 412 g/mol. The molecule has 0 bridgehead atoms. The van der Waals surface area contributed by atoms with Crippen molar-refractivity contribution in [2.24, 2.45) is 0 Å². The Bertz CT molecular complexity index is 804. The molecule has 0 amide bonds. The lowest BCUT2D eigenvalue weighted by Crippen LogP contribution is -1.96. The molecule has 0 saturated heterocycles. The third-order valence-electron chi connectivity index (χ3n) is 2.65. The van der Waals surface area contributed by atoms with Crippen LogP contribution in [0.2, 0.25) is 0 Å². The largest absolute Gasteiger partial charge is 0.477 e. The van der Waals surface area contributed by atoms with E-state index >= 15 is 0 Å². The molecule has 1 aromatic carbocycles. The Morgan fingerprint density at radius 3 is 2.81 bits per heavy atom. The number of carbonyl (C=O) groups is 1. The van der Waals surface area contributed by atoms with Crippen molar-refractivity contribution in [2.45, 2.75) is 5.16 Å². The van der Waals surface area contributed by atoms with Crippen molar-refractivity contribution < 1.29 is 14.3 Å². The number of hydrogen-bond donors (Lipinski definition) is 2. The second-order valence-corrected chi connectivity index (χ2v) is 6.21. The molecule has 5 nitrogen and oxygen atoms in total. The first-order chi connectivity index (χ1) is 10.1. The molecule has 2 N–H and O–H groups in total. The van der Waals surface area contributed by atoms with Crippen molar-refractivity contribution in [3.63, 3.8) is 0 Å². The average molecular weight is 412 g/mol. The van der Waals surface area contributed by atoms with Gasteiger partial charge in [0.2, 0.25) is 0 Å². The number of rotatable bonds is 4. The molecule has 0 aliphatic rings. The maximum Gasteiger partial charge on any atom is 0.342 e. The summed E-state index contributed by atoms with van der Waals surface area (Å²) >= 11 is 3.09. The number of aliphatic carboxylic acids is 1. The van der Waals surface area contributed by atoms with Crippen molar-refractivity contribution in [3.8, 4) is 0 Å². The van der Waals surface area contributed by atoms with Gasteiger partial charge in [0.05, 0.1) is 11.0 Å². The number of carboxylic acid groups (broad SMARTS) is 1. The van der Waals surface area contributed by atoms with Crippen molar-refractivity contribution in [1.82, 2.24) is 9.97 Å². The summed E-state index contributed by atoms with van der Waals surface area (Å²) in [5.41, 5.74) is 1.68. The summed E-state index contributed by atoms with van der Waals surface area (Å²) in [6.07, 6.45) is 1.49. The molecule has 0 radical (unpaired) electrons. The Labute approximate surface area is 137 Å². The highest BCUT2D eigenvalue weighted by atomic mass is 127. The van der Waals surface area contributed by atoms with E-state index in [1.807, 2.05) is 46.9 Å². The number of imidazole rings is 1. The van der Waals surface area contributed by atoms with Crippen LogP contribution in [0.15, 0.2) is 50.9 Å². The van der Waals surface area contributed by atoms with Gasteiger partial charge in [0, 0.05) is 6.08 Å². The van der Waals surface area contributed by atoms with Crippen molar-refractivity contribution in [1.29, 1.82) is 0 Å². The second kappa shape index (κ2) is 5.94. The SMILES string of the molecule is O=C(O)/C(=C/c1ccc(I)o1)Sc1nc2ccccc2[nH]1. The number of hydrogen-bond acceptors (Lipinski definition) is 4. The normalized spacial score (nSPS) is 12.0. The third-order valence-corrected chi connectivity index (χ3v) is 4.13. The maximum atomic E-state index is 11.4. The van der Waals surface area contributed by atoms with Crippen LogP contribution in [0.1, 0.15) is 5.76 Å². The molecular formula is C14H9IN2O3S. The van der Waals surface area contributed by atoms with Crippen LogP contribution in [-0.2, 0) is 4.79 Å². The van der Waals surface area contributed by atoms with Crippen LogP contribution in [0.4, 0.5) is 0 Å². The van der Waals surface area contributed by atoms with Crippen LogP contribution < -0.4 is 0 Å². The zero-order chi connectivity index (χ0) is 14.8. The molecule has 3 rings (SSSR count). The Kier molecular flexibility index (Phi) is 4.02. The summed E-state index contributed by atoms with van der Waals surface area (Å²) < 4.78 is 6.07. The Morgan fingerprint density at radius 2 is 2.14 bits per heavy atom. The van der Waals surface area contributed by atoms with Crippen LogP contribution in [0.3, 0.4) is 0 Å². The Balaban J connectivity index is 1.91. The van der Waals surface area contributed by atoms with Crippen molar-refractivity contribution in [2.75, 3.05) is 0 Å². The molecule has 2 heterocycles. The smallest absolute Gasteiger partial charge is 0.342 e. The van der Waals surface area contributed by atoms with E-state index in [9.17, 15) is 9.90 Å². The quantitative estimate of drug-likeness (QED) is 0.385. The number of thioether (sulfide) groups is 1. The molecule has 0 aliphatic heterocycles. The number of H-pyrrole nitrogens is 1. The van der Waals surface area contributed by atoms with Gasteiger partial charge >= 0.3 is 5.97 Å². The lowest BCUT2D eigenvalue weighted by atomic mass is 10.3. The molecule has 0 spiro atoms. The predicted octanol–water partition coefficient (Wildman–Crippen LogP) is 3.98. The van der Waals surface area contributed by atoms with E-state index in [-0.39, 0.29) is 4.91 Å². The van der Waals surface area contributed by atoms with Gasteiger partial charge in [-0.2, -0.15) is 0 Å². The first-order valence-corrected chi connectivity index (χ1v) is 7.84. The lowest BCUT2D eigenvalue weighted by Gasteiger charge is -1.98. The fourth-order valence-electron chi connectivity index (χ4n) is 1.75. The average Bonchev–Trinajstić information content (AvgIpc) is 3.03. The number of aromatic nitrogens is 2. The van der Waals surface area contributed by atoms with E-state index in [0.717, 1.165) is 22.8 Å². The first-order valence-electron chi connectivity index (χ1n) is 5.95. The van der Waals surface area contributed by atoms with Gasteiger partial charge in [-0.3, -0.25) is 0 Å². The van der Waals surface area contributed by atoms with Crippen LogP contribution in [0, 0.1) is 3.77 Å². The summed E-state index contributed by atoms with van der Waals surface area (Å²) in [5.74, 6) is -0.521.